The largest absolute Gasteiger partial charge is 0.443 e. The third-order valence-electron chi connectivity index (χ3n) is 5.18. The Labute approximate surface area is 94.9 Å². The van der Waals surface area contributed by atoms with Gasteiger partial charge in [0.15, 0.2) is 0 Å². The molecule has 2 aliphatic carbocycles. The lowest BCUT2D eigenvalue weighted by Crippen LogP contribution is -2.56. The third-order valence-corrected chi connectivity index (χ3v) is 5.18. The molecule has 4 heteroatoms. The van der Waals surface area contributed by atoms with Crippen LogP contribution in [0.3, 0.4) is 0 Å². The van der Waals surface area contributed by atoms with Crippen LogP contribution in [0, 0.1) is 11.3 Å². The lowest BCUT2D eigenvalue weighted by Gasteiger charge is -2.40. The van der Waals surface area contributed by atoms with E-state index >= 15 is 0 Å². The fourth-order valence-electron chi connectivity index (χ4n) is 4.31. The molecule has 0 radical (unpaired) electrons. The monoisotopic (exact) mass is 223 g/mol. The molecule has 3 unspecified atom stereocenters. The van der Waals surface area contributed by atoms with Crippen LogP contribution in [0.25, 0.3) is 0 Å². The summed E-state index contributed by atoms with van der Waals surface area (Å²) in [5.41, 5.74) is -0.365. The van der Waals surface area contributed by atoms with Crippen LogP contribution in [0.1, 0.15) is 40.0 Å². The van der Waals surface area contributed by atoms with Crippen molar-refractivity contribution in [3.63, 3.8) is 0 Å². The average Bonchev–Trinajstić information content (AvgIpc) is 2.67. The van der Waals surface area contributed by atoms with Crippen molar-refractivity contribution in [1.82, 2.24) is 4.90 Å². The second kappa shape index (κ2) is 2.60. The van der Waals surface area contributed by atoms with Crippen molar-refractivity contribution < 1.29 is 14.3 Å². The van der Waals surface area contributed by atoms with Crippen molar-refractivity contribution in [3.8, 4) is 0 Å². The van der Waals surface area contributed by atoms with Crippen LogP contribution in [0.4, 0.5) is 4.79 Å². The zero-order valence-electron chi connectivity index (χ0n) is 9.95. The molecule has 1 saturated heterocycles. The summed E-state index contributed by atoms with van der Waals surface area (Å²) >= 11 is 0. The van der Waals surface area contributed by atoms with Gasteiger partial charge in [0.25, 0.3) is 0 Å². The number of imide groups is 1. The van der Waals surface area contributed by atoms with E-state index in [2.05, 4.69) is 13.8 Å². The highest BCUT2D eigenvalue weighted by Crippen LogP contribution is 2.65. The van der Waals surface area contributed by atoms with Gasteiger partial charge >= 0.3 is 6.09 Å². The number of hydrogen-bond acceptors (Lipinski definition) is 3. The molecule has 3 fully saturated rings. The van der Waals surface area contributed by atoms with Crippen LogP contribution in [0.15, 0.2) is 0 Å². The zero-order valence-corrected chi connectivity index (χ0v) is 9.95. The first kappa shape index (κ1) is 10.1. The van der Waals surface area contributed by atoms with E-state index in [1.54, 1.807) is 0 Å². The number of carbonyl (C=O) groups is 2. The number of nitrogens with zero attached hydrogens (tertiary/aromatic N) is 1. The van der Waals surface area contributed by atoms with Crippen LogP contribution in [-0.2, 0) is 9.53 Å². The van der Waals surface area contributed by atoms with Gasteiger partial charge in [-0.2, -0.15) is 0 Å². The van der Waals surface area contributed by atoms with Gasteiger partial charge < -0.3 is 4.74 Å². The fraction of sp³-hybridized carbons (Fsp3) is 0.833. The molecular weight excluding hydrogens is 206 g/mol. The van der Waals surface area contributed by atoms with Gasteiger partial charge in [-0.3, -0.25) is 4.79 Å². The highest BCUT2D eigenvalue weighted by atomic mass is 16.6. The SMILES string of the molecule is CC(=O)N1C(=O)OC2CC3CCC21C3(C)C. The third kappa shape index (κ3) is 0.803. The summed E-state index contributed by atoms with van der Waals surface area (Å²) in [6.07, 6.45) is 2.41. The van der Waals surface area contributed by atoms with Crippen LogP contribution >= 0.6 is 0 Å². The number of amides is 2. The first-order chi connectivity index (χ1) is 7.41. The van der Waals surface area contributed by atoms with Crippen molar-refractivity contribution in [1.29, 1.82) is 0 Å². The Kier molecular flexibility index (Phi) is 1.65. The molecule has 4 nitrogen and oxygen atoms in total. The molecule has 0 aromatic carbocycles. The van der Waals surface area contributed by atoms with Gasteiger partial charge in [-0.25, -0.2) is 9.69 Å². The fourth-order valence-corrected chi connectivity index (χ4v) is 4.31. The van der Waals surface area contributed by atoms with Crippen molar-refractivity contribution in [2.45, 2.75) is 51.7 Å². The predicted molar refractivity (Wildman–Crippen MR) is 56.6 cm³/mol. The number of ether oxygens (including phenoxy) is 1. The second-order valence-electron chi connectivity index (χ2n) is 5.84. The summed E-state index contributed by atoms with van der Waals surface area (Å²) in [6, 6.07) is 0. The van der Waals surface area contributed by atoms with Crippen LogP contribution in [0.5, 0.6) is 0 Å². The summed E-state index contributed by atoms with van der Waals surface area (Å²) in [5, 5.41) is 0. The quantitative estimate of drug-likeness (QED) is 0.630. The van der Waals surface area contributed by atoms with Gasteiger partial charge in [-0.05, 0) is 30.6 Å². The van der Waals surface area contributed by atoms with E-state index in [1.165, 1.54) is 11.8 Å². The molecule has 0 N–H and O–H groups in total. The molecule has 16 heavy (non-hydrogen) atoms. The van der Waals surface area contributed by atoms with Gasteiger partial charge in [-0.15, -0.1) is 0 Å². The summed E-state index contributed by atoms with van der Waals surface area (Å²) in [6.45, 7) is 5.80. The lowest BCUT2D eigenvalue weighted by atomic mass is 9.74. The Morgan fingerprint density at radius 1 is 1.50 bits per heavy atom. The van der Waals surface area contributed by atoms with Crippen molar-refractivity contribution in [3.05, 3.63) is 0 Å². The molecule has 3 rings (SSSR count). The normalized spacial score (nSPS) is 43.4. The number of carbonyl (C=O) groups excluding carboxylic acids is 2. The number of fused-ring (bicyclic) bond motifs is 1. The molecule has 0 aromatic heterocycles. The molecular formula is C12H17NO3. The molecule has 1 spiro atoms. The molecule has 1 aliphatic heterocycles. The van der Waals surface area contributed by atoms with Gasteiger partial charge in [0.1, 0.15) is 6.10 Å². The van der Waals surface area contributed by atoms with E-state index in [-0.39, 0.29) is 23.0 Å². The maximum atomic E-state index is 11.8. The molecule has 3 atom stereocenters. The van der Waals surface area contributed by atoms with Gasteiger partial charge in [0.05, 0.1) is 5.54 Å². The molecule has 88 valence electrons. The first-order valence-corrected chi connectivity index (χ1v) is 5.92. The Hall–Kier alpha value is -1.06. The molecule has 2 saturated carbocycles. The lowest BCUT2D eigenvalue weighted by molar-refractivity contribution is -0.132. The Balaban J connectivity index is 2.15. The molecule has 2 bridgehead atoms. The van der Waals surface area contributed by atoms with Crippen molar-refractivity contribution in [2.75, 3.05) is 0 Å². The minimum Gasteiger partial charge on any atom is -0.443 e. The van der Waals surface area contributed by atoms with E-state index < -0.39 is 6.09 Å². The smallest absolute Gasteiger partial charge is 0.417 e. The molecule has 3 aliphatic rings. The Morgan fingerprint density at radius 2 is 2.19 bits per heavy atom. The van der Waals surface area contributed by atoms with E-state index in [4.69, 9.17) is 4.74 Å². The summed E-state index contributed by atoms with van der Waals surface area (Å²) in [7, 11) is 0. The van der Waals surface area contributed by atoms with Gasteiger partial charge in [0, 0.05) is 6.92 Å². The number of hydrogen-bond donors (Lipinski definition) is 0. The minimum absolute atomic E-state index is 0.00447. The second-order valence-corrected chi connectivity index (χ2v) is 5.84. The van der Waals surface area contributed by atoms with Gasteiger partial charge in [0.2, 0.25) is 5.91 Å². The highest BCUT2D eigenvalue weighted by molar-refractivity contribution is 5.94. The van der Waals surface area contributed by atoms with Crippen LogP contribution in [-0.4, -0.2) is 28.5 Å². The maximum Gasteiger partial charge on any atom is 0.417 e. The highest BCUT2D eigenvalue weighted by Gasteiger charge is 2.73. The number of rotatable bonds is 0. The topological polar surface area (TPSA) is 46.6 Å². The van der Waals surface area contributed by atoms with Crippen molar-refractivity contribution in [2.24, 2.45) is 11.3 Å². The van der Waals surface area contributed by atoms with Gasteiger partial charge in [-0.1, -0.05) is 13.8 Å². The Bertz CT molecular complexity index is 390. The minimum atomic E-state index is -0.439. The summed E-state index contributed by atoms with van der Waals surface area (Å²) in [5.74, 6) is 0.399. The predicted octanol–water partition coefficient (Wildman–Crippen LogP) is 1.93. The van der Waals surface area contributed by atoms with E-state index in [9.17, 15) is 9.59 Å². The molecule has 2 amide bonds. The van der Waals surface area contributed by atoms with E-state index in [0.717, 1.165) is 19.3 Å². The first-order valence-electron chi connectivity index (χ1n) is 5.92. The van der Waals surface area contributed by atoms with E-state index in [0.29, 0.717) is 5.92 Å². The Morgan fingerprint density at radius 3 is 2.75 bits per heavy atom. The zero-order chi connectivity index (χ0) is 11.7. The average molecular weight is 223 g/mol. The molecule has 0 aromatic rings. The summed E-state index contributed by atoms with van der Waals surface area (Å²) < 4.78 is 5.39. The van der Waals surface area contributed by atoms with Crippen LogP contribution < -0.4 is 0 Å². The van der Waals surface area contributed by atoms with Crippen LogP contribution in [0.2, 0.25) is 0 Å². The van der Waals surface area contributed by atoms with E-state index in [1.807, 2.05) is 0 Å². The molecule has 1 heterocycles. The summed E-state index contributed by atoms with van der Waals surface area (Å²) in [4.78, 5) is 24.9. The standard InChI is InChI=1S/C12H17NO3/c1-7(14)13-10(15)16-9-6-8-4-5-12(9,13)11(8,2)3/h8-9H,4-6H2,1-3H3. The van der Waals surface area contributed by atoms with Crippen molar-refractivity contribution >= 4 is 12.0 Å². The maximum absolute atomic E-state index is 11.8.